The Morgan fingerprint density at radius 2 is 2.38 bits per heavy atom. The third-order valence-corrected chi connectivity index (χ3v) is 5.90. The molecular weight excluding hydrogens is 286 g/mol. The Balaban J connectivity index is 1.79. The summed E-state index contributed by atoms with van der Waals surface area (Å²) in [5.74, 6) is 0.138. The third kappa shape index (κ3) is 2.04. The number of likely N-dealkylation sites (N-methyl/N-ethyl adjacent to an activating group) is 1. The molecule has 1 aliphatic carbocycles. The minimum atomic E-state index is -0.830. The smallest absolute Gasteiger partial charge is 0.243 e. The van der Waals surface area contributed by atoms with Crippen LogP contribution in [-0.4, -0.2) is 41.1 Å². The Morgan fingerprint density at radius 3 is 3.05 bits per heavy atom. The zero-order chi connectivity index (χ0) is 15.3. The number of carbonyl (C=O) groups is 1. The Kier molecular flexibility index (Phi) is 3.58. The van der Waals surface area contributed by atoms with Crippen LogP contribution in [0.3, 0.4) is 0 Å². The van der Waals surface area contributed by atoms with Gasteiger partial charge in [0, 0.05) is 30.4 Å². The summed E-state index contributed by atoms with van der Waals surface area (Å²) in [6.07, 6.45) is 2.06. The molecule has 3 rings (SSSR count). The molecule has 116 valence electrons. The molecule has 1 aromatic rings. The Bertz CT molecular complexity index is 531. The van der Waals surface area contributed by atoms with Gasteiger partial charge in [0.2, 0.25) is 5.91 Å². The number of nitrogens with two attached hydrogens (primary N) is 1. The van der Waals surface area contributed by atoms with Crippen molar-refractivity contribution in [3.8, 4) is 0 Å². The zero-order valence-electron chi connectivity index (χ0n) is 12.8. The number of fused-ring (bicyclic) bond motifs is 1. The predicted octanol–water partition coefficient (Wildman–Crippen LogP) is 1.63. The quantitative estimate of drug-likeness (QED) is 0.921. The standard InChI is InChI=1S/C15H23N3O2S/c1-14(2)12-11(5-4-6-20-12)15(14,16)13(19)18(3)7-10-8-21-9-17-10/h8-9,11-12H,4-7,16H2,1-3H3. The molecule has 5 nitrogen and oxygen atoms in total. The molecule has 1 saturated heterocycles. The summed E-state index contributed by atoms with van der Waals surface area (Å²) in [6, 6.07) is 0. The van der Waals surface area contributed by atoms with Gasteiger partial charge in [0.15, 0.2) is 0 Å². The first-order chi connectivity index (χ1) is 9.89. The lowest BCUT2D eigenvalue weighted by Crippen LogP contribution is -2.82. The first-order valence-corrected chi connectivity index (χ1v) is 8.36. The predicted molar refractivity (Wildman–Crippen MR) is 81.8 cm³/mol. The monoisotopic (exact) mass is 309 g/mol. The second-order valence-corrected chi connectivity index (χ2v) is 7.49. The highest BCUT2D eigenvalue weighted by Gasteiger charge is 2.70. The van der Waals surface area contributed by atoms with Crippen molar-refractivity contribution in [3.05, 3.63) is 16.6 Å². The van der Waals surface area contributed by atoms with Crippen LogP contribution in [0.1, 0.15) is 32.4 Å². The van der Waals surface area contributed by atoms with E-state index >= 15 is 0 Å². The average molecular weight is 309 g/mol. The van der Waals surface area contributed by atoms with E-state index in [-0.39, 0.29) is 23.3 Å². The van der Waals surface area contributed by atoms with Crippen molar-refractivity contribution in [2.75, 3.05) is 13.7 Å². The fraction of sp³-hybridized carbons (Fsp3) is 0.733. The zero-order valence-corrected chi connectivity index (χ0v) is 13.7. The first kappa shape index (κ1) is 14.9. The summed E-state index contributed by atoms with van der Waals surface area (Å²) in [6.45, 7) is 5.39. The second-order valence-electron chi connectivity index (χ2n) is 6.77. The van der Waals surface area contributed by atoms with Crippen LogP contribution in [0, 0.1) is 11.3 Å². The lowest BCUT2D eigenvalue weighted by molar-refractivity contribution is -0.229. The minimum Gasteiger partial charge on any atom is -0.377 e. The van der Waals surface area contributed by atoms with E-state index in [2.05, 4.69) is 4.98 Å². The number of nitrogens with zero attached hydrogens (tertiary/aromatic N) is 2. The van der Waals surface area contributed by atoms with E-state index in [1.165, 1.54) is 11.3 Å². The van der Waals surface area contributed by atoms with Gasteiger partial charge in [-0.25, -0.2) is 4.98 Å². The van der Waals surface area contributed by atoms with E-state index in [1.54, 1.807) is 10.4 Å². The highest BCUT2D eigenvalue weighted by Crippen LogP contribution is 2.57. The van der Waals surface area contributed by atoms with Crippen molar-refractivity contribution in [3.63, 3.8) is 0 Å². The topological polar surface area (TPSA) is 68.5 Å². The van der Waals surface area contributed by atoms with Crippen LogP contribution in [0.25, 0.3) is 0 Å². The fourth-order valence-electron chi connectivity index (χ4n) is 3.96. The van der Waals surface area contributed by atoms with Gasteiger partial charge in [-0.1, -0.05) is 13.8 Å². The third-order valence-electron chi connectivity index (χ3n) is 5.27. The number of hydrogen-bond donors (Lipinski definition) is 1. The van der Waals surface area contributed by atoms with Crippen LogP contribution in [-0.2, 0) is 16.1 Å². The molecule has 0 spiro atoms. The molecule has 1 aliphatic heterocycles. The Morgan fingerprint density at radius 1 is 1.62 bits per heavy atom. The summed E-state index contributed by atoms with van der Waals surface area (Å²) >= 11 is 1.54. The van der Waals surface area contributed by atoms with E-state index in [1.807, 2.05) is 26.3 Å². The largest absolute Gasteiger partial charge is 0.377 e. The van der Waals surface area contributed by atoms with Gasteiger partial charge < -0.3 is 15.4 Å². The molecule has 0 bridgehead atoms. The summed E-state index contributed by atoms with van der Waals surface area (Å²) in [5, 5.41) is 1.96. The minimum absolute atomic E-state index is 0.00671. The summed E-state index contributed by atoms with van der Waals surface area (Å²) < 4.78 is 5.86. The maximum atomic E-state index is 13.0. The maximum absolute atomic E-state index is 13.0. The first-order valence-electron chi connectivity index (χ1n) is 7.42. The molecule has 1 amide bonds. The van der Waals surface area contributed by atoms with Gasteiger partial charge in [-0.2, -0.15) is 0 Å². The fourth-order valence-corrected chi connectivity index (χ4v) is 4.51. The number of aromatic nitrogens is 1. The summed E-state index contributed by atoms with van der Waals surface area (Å²) in [4.78, 5) is 18.9. The second kappa shape index (κ2) is 5.04. The van der Waals surface area contributed by atoms with Crippen LogP contribution < -0.4 is 5.73 Å². The SMILES string of the molecule is CN(Cc1cscn1)C(=O)C1(N)C2CCCOC2C1(C)C. The van der Waals surface area contributed by atoms with E-state index in [0.29, 0.717) is 6.54 Å². The van der Waals surface area contributed by atoms with Crippen LogP contribution in [0.2, 0.25) is 0 Å². The normalized spacial score (nSPS) is 33.9. The van der Waals surface area contributed by atoms with Gasteiger partial charge in [0.25, 0.3) is 0 Å². The molecule has 2 heterocycles. The van der Waals surface area contributed by atoms with Crippen LogP contribution >= 0.6 is 11.3 Å². The molecule has 21 heavy (non-hydrogen) atoms. The Labute approximate surface area is 129 Å². The van der Waals surface area contributed by atoms with Crippen LogP contribution in [0.5, 0.6) is 0 Å². The van der Waals surface area contributed by atoms with Crippen LogP contribution in [0.4, 0.5) is 0 Å². The van der Waals surface area contributed by atoms with Crippen molar-refractivity contribution >= 4 is 17.2 Å². The number of rotatable bonds is 3. The highest BCUT2D eigenvalue weighted by molar-refractivity contribution is 7.07. The number of thiazole rings is 1. The van der Waals surface area contributed by atoms with Crippen molar-refractivity contribution in [1.82, 2.24) is 9.88 Å². The number of amides is 1. The van der Waals surface area contributed by atoms with Gasteiger partial charge in [-0.3, -0.25) is 4.79 Å². The lowest BCUT2D eigenvalue weighted by Gasteiger charge is -2.65. The number of hydrogen-bond acceptors (Lipinski definition) is 5. The molecule has 2 N–H and O–H groups in total. The van der Waals surface area contributed by atoms with Gasteiger partial charge in [0.1, 0.15) is 5.54 Å². The van der Waals surface area contributed by atoms with Crippen molar-refractivity contribution in [1.29, 1.82) is 0 Å². The molecule has 1 saturated carbocycles. The Hall–Kier alpha value is -0.980. The van der Waals surface area contributed by atoms with Gasteiger partial charge in [-0.05, 0) is 12.8 Å². The van der Waals surface area contributed by atoms with Crippen molar-refractivity contribution in [2.24, 2.45) is 17.1 Å². The van der Waals surface area contributed by atoms with Gasteiger partial charge in [0.05, 0.1) is 23.9 Å². The average Bonchev–Trinajstić information content (AvgIpc) is 2.98. The molecule has 2 aliphatic rings. The lowest BCUT2D eigenvalue weighted by atomic mass is 9.46. The highest BCUT2D eigenvalue weighted by atomic mass is 32.1. The van der Waals surface area contributed by atoms with Gasteiger partial charge >= 0.3 is 0 Å². The maximum Gasteiger partial charge on any atom is 0.243 e. The van der Waals surface area contributed by atoms with Crippen molar-refractivity contribution in [2.45, 2.75) is 44.9 Å². The summed E-state index contributed by atoms with van der Waals surface area (Å²) in [7, 11) is 1.81. The summed E-state index contributed by atoms with van der Waals surface area (Å²) in [5.41, 5.74) is 8.15. The van der Waals surface area contributed by atoms with E-state index in [0.717, 1.165) is 25.1 Å². The molecular formula is C15H23N3O2S. The molecule has 3 unspecified atom stereocenters. The molecule has 2 fully saturated rings. The van der Waals surface area contributed by atoms with E-state index in [4.69, 9.17) is 10.5 Å². The molecule has 6 heteroatoms. The van der Waals surface area contributed by atoms with Crippen LogP contribution in [0.15, 0.2) is 10.9 Å². The number of carbonyl (C=O) groups excluding carboxylic acids is 1. The molecule has 0 aromatic carbocycles. The number of ether oxygens (including phenoxy) is 1. The molecule has 0 radical (unpaired) electrons. The van der Waals surface area contributed by atoms with Gasteiger partial charge in [-0.15, -0.1) is 11.3 Å². The van der Waals surface area contributed by atoms with E-state index in [9.17, 15) is 4.79 Å². The van der Waals surface area contributed by atoms with E-state index < -0.39 is 5.54 Å². The molecule has 3 atom stereocenters. The molecule has 1 aromatic heterocycles. The van der Waals surface area contributed by atoms with Crippen molar-refractivity contribution < 1.29 is 9.53 Å².